The van der Waals surface area contributed by atoms with E-state index in [4.69, 9.17) is 9.59 Å². The van der Waals surface area contributed by atoms with Crippen molar-refractivity contribution in [3.05, 3.63) is 12.7 Å². The summed E-state index contributed by atoms with van der Waals surface area (Å²) >= 11 is 0. The zero-order valence-electron chi connectivity index (χ0n) is 4.78. The van der Waals surface area contributed by atoms with E-state index in [-0.39, 0.29) is 98.1 Å². The number of rotatable bonds is 1. The van der Waals surface area contributed by atoms with Crippen molar-refractivity contribution in [2.45, 2.75) is 0 Å². The van der Waals surface area contributed by atoms with E-state index in [1.54, 1.807) is 0 Å². The van der Waals surface area contributed by atoms with Crippen LogP contribution in [0.15, 0.2) is 6.08 Å². The molecule has 0 N–H and O–H groups in total. The Morgan fingerprint density at radius 3 is 1.22 bits per heavy atom. The van der Waals surface area contributed by atoms with Gasteiger partial charge < -0.3 is 22.2 Å². The molecule has 9 heavy (non-hydrogen) atoms. The molecule has 43 valence electrons. The summed E-state index contributed by atoms with van der Waals surface area (Å²) in [5.41, 5.74) is 0. The molecule has 0 heterocycles. The van der Waals surface area contributed by atoms with Gasteiger partial charge in [-0.05, 0) is 0 Å². The van der Waals surface area contributed by atoms with Crippen LogP contribution in [-0.2, 0) is 108 Å². The van der Waals surface area contributed by atoms with Crippen LogP contribution in [0.4, 0.5) is 0 Å². The van der Waals surface area contributed by atoms with E-state index in [1.807, 2.05) is 0 Å². The van der Waals surface area contributed by atoms with E-state index < -0.39 is 0 Å². The van der Waals surface area contributed by atoms with Gasteiger partial charge in [0, 0.05) is 98.1 Å². The molecule has 0 spiro atoms. The van der Waals surface area contributed by atoms with Crippen molar-refractivity contribution in [1.82, 2.24) is 0 Å². The number of allylic oxidation sites excluding steroid dienone is 1. The van der Waals surface area contributed by atoms with Crippen molar-refractivity contribution in [3.8, 4) is 0 Å². The SMILES string of the molecule is [CH-]=C[C-]=O.[CH-]=O.[Y].[Y].[Y]. The molecule has 0 unspecified atom stereocenters. The monoisotopic (exact) mass is 350 g/mol. The molecule has 0 aliphatic heterocycles. The summed E-state index contributed by atoms with van der Waals surface area (Å²) in [6, 6.07) is 0. The molecular weight excluding hydrogens is 347 g/mol. The minimum absolute atomic E-state index is 0. The summed E-state index contributed by atoms with van der Waals surface area (Å²) in [4.78, 5) is 16.6. The second kappa shape index (κ2) is 47.5. The molecular formula is C4H3O2Y3-3. The van der Waals surface area contributed by atoms with Gasteiger partial charge in [0.05, 0.1) is 0 Å². The summed E-state index contributed by atoms with van der Waals surface area (Å²) in [6.07, 6.45) is 2.15. The Hall–Kier alpha value is 2.39. The molecule has 0 aromatic heterocycles. The Morgan fingerprint density at radius 2 is 1.22 bits per heavy atom. The van der Waals surface area contributed by atoms with Gasteiger partial charge in [0.25, 0.3) is 0 Å². The molecule has 0 aromatic rings. The molecule has 0 saturated heterocycles. The Kier molecular flexibility index (Phi) is 159. The van der Waals surface area contributed by atoms with Crippen LogP contribution < -0.4 is 0 Å². The van der Waals surface area contributed by atoms with Crippen molar-refractivity contribution < 1.29 is 108 Å². The average molecular weight is 350 g/mol. The van der Waals surface area contributed by atoms with Gasteiger partial charge >= 0.3 is 0 Å². The fourth-order valence-corrected chi connectivity index (χ4v) is 0. The fourth-order valence-electron chi connectivity index (χ4n) is 0. The summed E-state index contributed by atoms with van der Waals surface area (Å²) < 4.78 is 0. The van der Waals surface area contributed by atoms with Crippen LogP contribution in [0.3, 0.4) is 0 Å². The molecule has 0 fully saturated rings. The first-order valence-corrected chi connectivity index (χ1v) is 1.06. The van der Waals surface area contributed by atoms with Crippen molar-refractivity contribution in [1.29, 1.82) is 0 Å². The van der Waals surface area contributed by atoms with Gasteiger partial charge in [-0.3, -0.25) is 13.1 Å². The van der Waals surface area contributed by atoms with E-state index in [0.717, 1.165) is 6.08 Å². The normalized spacial score (nSPS) is 2.67. The molecule has 0 amide bonds. The predicted octanol–water partition coefficient (Wildman–Crippen LogP) is -0.196. The van der Waals surface area contributed by atoms with Crippen LogP contribution in [0.1, 0.15) is 0 Å². The Balaban J connectivity index is -0.00000000990. The minimum atomic E-state index is 0. The summed E-state index contributed by atoms with van der Waals surface area (Å²) in [6.45, 7) is 7.73. The molecule has 0 rings (SSSR count). The van der Waals surface area contributed by atoms with Crippen LogP contribution in [0.5, 0.6) is 0 Å². The predicted molar refractivity (Wildman–Crippen MR) is 21.3 cm³/mol. The maximum absolute atomic E-state index is 8.87. The second-order valence-corrected chi connectivity index (χ2v) is 0.285. The van der Waals surface area contributed by atoms with Gasteiger partial charge in [0.2, 0.25) is 0 Å². The largest absolute Gasteiger partial charge is 0.547 e. The molecule has 0 aromatic carbocycles. The quantitative estimate of drug-likeness (QED) is 0.373. The minimum Gasteiger partial charge on any atom is -0.547 e. The molecule has 0 bridgehead atoms. The number of carbonyl (C=O) groups excluding carboxylic acids is 2. The summed E-state index contributed by atoms with van der Waals surface area (Å²) in [5, 5.41) is 0. The van der Waals surface area contributed by atoms with Crippen LogP contribution in [0.2, 0.25) is 0 Å². The fraction of sp³-hybridized carbons (Fsp3) is 0. The third kappa shape index (κ3) is 63.6. The van der Waals surface area contributed by atoms with Gasteiger partial charge in [-0.25, -0.2) is 0 Å². The van der Waals surface area contributed by atoms with Gasteiger partial charge in [0.1, 0.15) is 0 Å². The van der Waals surface area contributed by atoms with E-state index in [1.165, 1.54) is 6.29 Å². The Labute approximate surface area is 131 Å². The van der Waals surface area contributed by atoms with Gasteiger partial charge in [-0.2, -0.15) is 0 Å². The second-order valence-electron chi connectivity index (χ2n) is 0.285. The molecule has 2 nitrogen and oxygen atoms in total. The molecule has 3 radical (unpaired) electrons. The molecule has 0 aliphatic carbocycles. The Bertz CT molecular complexity index is 43.1. The zero-order chi connectivity index (χ0) is 5.41. The molecule has 5 heteroatoms. The number of hydrogen-bond acceptors (Lipinski definition) is 2. The first kappa shape index (κ1) is 30.1. The van der Waals surface area contributed by atoms with Crippen LogP contribution in [0.25, 0.3) is 0 Å². The van der Waals surface area contributed by atoms with E-state index in [0.29, 0.717) is 0 Å². The van der Waals surface area contributed by atoms with Crippen molar-refractivity contribution in [2.75, 3.05) is 0 Å². The van der Waals surface area contributed by atoms with E-state index >= 15 is 0 Å². The average Bonchev–Trinajstić information content (AvgIpc) is 1.72. The van der Waals surface area contributed by atoms with Crippen LogP contribution in [-0.4, -0.2) is 13.1 Å². The number of hydrogen-bond donors (Lipinski definition) is 0. The topological polar surface area (TPSA) is 34.1 Å². The van der Waals surface area contributed by atoms with Crippen LogP contribution >= 0.6 is 0 Å². The van der Waals surface area contributed by atoms with Gasteiger partial charge in [-0.15, -0.1) is 0 Å². The van der Waals surface area contributed by atoms with E-state index in [9.17, 15) is 0 Å². The third-order valence-corrected chi connectivity index (χ3v) is 0.0680. The van der Waals surface area contributed by atoms with Crippen molar-refractivity contribution >= 4 is 13.1 Å². The molecule has 0 atom stereocenters. The Morgan fingerprint density at radius 1 is 1.11 bits per heavy atom. The zero-order valence-corrected chi connectivity index (χ0v) is 13.3. The third-order valence-electron chi connectivity index (χ3n) is 0.0680. The van der Waals surface area contributed by atoms with Gasteiger partial charge in [0.15, 0.2) is 0 Å². The maximum Gasteiger partial charge on any atom is 0 e. The summed E-state index contributed by atoms with van der Waals surface area (Å²) in [7, 11) is 0. The van der Waals surface area contributed by atoms with Crippen LogP contribution in [0, 0.1) is 6.58 Å². The smallest absolute Gasteiger partial charge is 0 e. The standard InChI is InChI=1S/C3H2O.CHO.3Y/c1-2-3-4;1-2;;;/h1-2H;1H;;;/q-2;-1;;;. The van der Waals surface area contributed by atoms with Crippen molar-refractivity contribution in [2.24, 2.45) is 0 Å². The molecule has 0 aliphatic rings. The summed E-state index contributed by atoms with van der Waals surface area (Å²) in [5.74, 6) is 0. The first-order valence-electron chi connectivity index (χ1n) is 1.06. The van der Waals surface area contributed by atoms with E-state index in [2.05, 4.69) is 13.4 Å². The molecule has 0 saturated carbocycles. The maximum atomic E-state index is 8.87. The van der Waals surface area contributed by atoms with Crippen molar-refractivity contribution in [3.63, 3.8) is 0 Å². The van der Waals surface area contributed by atoms with Gasteiger partial charge in [-0.1, -0.05) is 0 Å². The first-order chi connectivity index (χ1) is 2.91.